The maximum atomic E-state index is 9.99. The summed E-state index contributed by atoms with van der Waals surface area (Å²) in [6.45, 7) is 1.60. The predicted molar refractivity (Wildman–Crippen MR) is 84.0 cm³/mol. The Morgan fingerprint density at radius 2 is 1.95 bits per heavy atom. The largest absolute Gasteiger partial charge is 0.460 e. The summed E-state index contributed by atoms with van der Waals surface area (Å²) in [7, 11) is 0. The third-order valence-corrected chi connectivity index (χ3v) is 4.93. The number of fused-ring (bicyclic) bond motifs is 1. The summed E-state index contributed by atoms with van der Waals surface area (Å²) < 4.78 is 11.8. The number of benzene rings is 1. The topological polar surface area (TPSA) is 94.9 Å². The Kier molecular flexibility index (Phi) is 4.37. The lowest BCUT2D eigenvalue weighted by Crippen LogP contribution is -2.58. The van der Waals surface area contributed by atoms with Gasteiger partial charge >= 0.3 is 0 Å². The van der Waals surface area contributed by atoms with Gasteiger partial charge in [-0.3, -0.25) is 0 Å². The van der Waals surface area contributed by atoms with Crippen LogP contribution >= 0.6 is 27.5 Å². The molecule has 6 nitrogen and oxygen atoms in total. The van der Waals surface area contributed by atoms with E-state index in [2.05, 4.69) is 20.9 Å². The summed E-state index contributed by atoms with van der Waals surface area (Å²) in [5.74, 6) is 0.451. The first kappa shape index (κ1) is 16.0. The summed E-state index contributed by atoms with van der Waals surface area (Å²) >= 11 is 9.38. The molecule has 0 bridgehead atoms. The molecule has 5 atom stereocenters. The fourth-order valence-electron chi connectivity index (χ4n) is 2.42. The van der Waals surface area contributed by atoms with E-state index < -0.39 is 30.7 Å². The normalized spacial score (nSPS) is 32.4. The van der Waals surface area contributed by atoms with Crippen LogP contribution in [-0.2, 0) is 4.74 Å². The molecular formula is C14H15BrClNO5. The Bertz CT molecular complexity index is 693. The molecule has 2 aromatic rings. The summed E-state index contributed by atoms with van der Waals surface area (Å²) in [5.41, 5.74) is 0.766. The van der Waals surface area contributed by atoms with Crippen LogP contribution in [0.2, 0.25) is 5.02 Å². The number of aliphatic hydroxyl groups is 3. The van der Waals surface area contributed by atoms with Gasteiger partial charge in [0.1, 0.15) is 24.1 Å². The standard InChI is InChI=1S/C14H15BrClNO5/c1-5-11(18)12(19)13(20)14(21-5)22-10-4-17-9-3-8(16)7(15)2-6(9)10/h2-5,11-14,17-20H,1H3/t5-,11-,12+,13-,14+/m1/s1. The number of ether oxygens (including phenoxy) is 2. The van der Waals surface area contributed by atoms with Crippen molar-refractivity contribution in [2.45, 2.75) is 37.6 Å². The van der Waals surface area contributed by atoms with E-state index in [1.165, 1.54) is 0 Å². The maximum absolute atomic E-state index is 9.99. The maximum Gasteiger partial charge on any atom is 0.229 e. The van der Waals surface area contributed by atoms with Gasteiger partial charge in [-0.15, -0.1) is 0 Å². The third kappa shape index (κ3) is 2.73. The van der Waals surface area contributed by atoms with Gasteiger partial charge in [-0.1, -0.05) is 11.6 Å². The summed E-state index contributed by atoms with van der Waals surface area (Å²) in [6, 6.07) is 3.53. The molecule has 4 N–H and O–H groups in total. The van der Waals surface area contributed by atoms with Crippen LogP contribution in [0.4, 0.5) is 0 Å². The van der Waals surface area contributed by atoms with Crippen molar-refractivity contribution >= 4 is 38.4 Å². The minimum absolute atomic E-state index is 0.451. The minimum atomic E-state index is -1.35. The summed E-state index contributed by atoms with van der Waals surface area (Å²) in [4.78, 5) is 3.01. The van der Waals surface area contributed by atoms with Crippen molar-refractivity contribution in [3.8, 4) is 5.75 Å². The van der Waals surface area contributed by atoms with Crippen molar-refractivity contribution in [3.63, 3.8) is 0 Å². The molecule has 0 amide bonds. The van der Waals surface area contributed by atoms with Crippen LogP contribution in [0.25, 0.3) is 10.9 Å². The molecule has 0 radical (unpaired) electrons. The number of hydrogen-bond acceptors (Lipinski definition) is 5. The van der Waals surface area contributed by atoms with E-state index in [9.17, 15) is 15.3 Å². The Hall–Kier alpha value is -0.830. The zero-order valence-corrected chi connectivity index (χ0v) is 13.9. The van der Waals surface area contributed by atoms with Crippen molar-refractivity contribution in [2.75, 3.05) is 0 Å². The quantitative estimate of drug-likeness (QED) is 0.625. The molecule has 120 valence electrons. The molecule has 0 spiro atoms. The highest BCUT2D eigenvalue weighted by atomic mass is 79.9. The molecule has 1 aromatic carbocycles. The van der Waals surface area contributed by atoms with E-state index in [1.807, 2.05) is 0 Å². The molecule has 0 unspecified atom stereocenters. The summed E-state index contributed by atoms with van der Waals surface area (Å²) in [6.07, 6.45) is -3.97. The second-order valence-corrected chi connectivity index (χ2v) is 6.53. The number of hydrogen-bond donors (Lipinski definition) is 4. The van der Waals surface area contributed by atoms with Crippen molar-refractivity contribution < 1.29 is 24.8 Å². The van der Waals surface area contributed by atoms with Gasteiger partial charge < -0.3 is 29.8 Å². The van der Waals surface area contributed by atoms with E-state index in [-0.39, 0.29) is 0 Å². The van der Waals surface area contributed by atoms with Crippen LogP contribution in [0.5, 0.6) is 5.75 Å². The first-order valence-corrected chi connectivity index (χ1v) is 7.88. The molecule has 2 heterocycles. The number of nitrogens with one attached hydrogen (secondary N) is 1. The fourth-order valence-corrected chi connectivity index (χ4v) is 2.93. The van der Waals surface area contributed by atoms with Crippen LogP contribution in [-0.4, -0.2) is 51.0 Å². The zero-order valence-electron chi connectivity index (χ0n) is 11.5. The zero-order chi connectivity index (χ0) is 16.0. The number of aromatic amines is 1. The van der Waals surface area contributed by atoms with Gasteiger partial charge in [0.25, 0.3) is 0 Å². The van der Waals surface area contributed by atoms with Gasteiger partial charge in [-0.25, -0.2) is 0 Å². The molecule has 1 aliphatic rings. The minimum Gasteiger partial charge on any atom is -0.460 e. The Balaban J connectivity index is 1.88. The van der Waals surface area contributed by atoms with Gasteiger partial charge in [-0.2, -0.15) is 0 Å². The van der Waals surface area contributed by atoms with Crippen molar-refractivity contribution in [2.24, 2.45) is 0 Å². The average Bonchev–Trinajstić information content (AvgIpc) is 2.85. The SMILES string of the molecule is C[C@H]1O[C@@H](Oc2c[nH]c3cc(Cl)c(Br)cc23)[C@H](O)[C@@H](O)[C@@H]1O. The van der Waals surface area contributed by atoms with Gasteiger partial charge in [-0.05, 0) is 35.0 Å². The second kappa shape index (κ2) is 5.99. The number of H-pyrrole nitrogens is 1. The van der Waals surface area contributed by atoms with E-state index in [0.29, 0.717) is 15.2 Å². The predicted octanol–water partition coefficient (Wildman–Crippen LogP) is 1.79. The number of aromatic nitrogens is 1. The molecule has 3 rings (SSSR count). The Morgan fingerprint density at radius 1 is 1.23 bits per heavy atom. The molecule has 22 heavy (non-hydrogen) atoms. The molecule has 1 fully saturated rings. The van der Waals surface area contributed by atoms with Crippen LogP contribution in [0.3, 0.4) is 0 Å². The molecule has 0 aliphatic carbocycles. The third-order valence-electron chi connectivity index (χ3n) is 3.74. The van der Waals surface area contributed by atoms with Crippen molar-refractivity contribution in [3.05, 3.63) is 27.8 Å². The van der Waals surface area contributed by atoms with Gasteiger partial charge in [0, 0.05) is 16.1 Å². The van der Waals surface area contributed by atoms with E-state index >= 15 is 0 Å². The van der Waals surface area contributed by atoms with Gasteiger partial charge in [0.05, 0.1) is 16.6 Å². The molecule has 0 saturated carbocycles. The first-order chi connectivity index (χ1) is 10.4. The van der Waals surface area contributed by atoms with Crippen molar-refractivity contribution in [1.29, 1.82) is 0 Å². The highest BCUT2D eigenvalue weighted by Crippen LogP contribution is 2.34. The van der Waals surface area contributed by atoms with E-state index in [1.54, 1.807) is 25.3 Å². The molecular weight excluding hydrogens is 378 g/mol. The highest BCUT2D eigenvalue weighted by Gasteiger charge is 2.43. The lowest BCUT2D eigenvalue weighted by atomic mass is 10.00. The molecule has 1 aromatic heterocycles. The van der Waals surface area contributed by atoms with Crippen LogP contribution < -0.4 is 4.74 Å². The van der Waals surface area contributed by atoms with Crippen LogP contribution in [0, 0.1) is 0 Å². The molecule has 8 heteroatoms. The lowest BCUT2D eigenvalue weighted by Gasteiger charge is -2.38. The lowest BCUT2D eigenvalue weighted by molar-refractivity contribution is -0.267. The van der Waals surface area contributed by atoms with Gasteiger partial charge in [0.15, 0.2) is 0 Å². The Morgan fingerprint density at radius 3 is 2.68 bits per heavy atom. The number of rotatable bonds is 2. The van der Waals surface area contributed by atoms with Crippen LogP contribution in [0.15, 0.2) is 22.8 Å². The highest BCUT2D eigenvalue weighted by molar-refractivity contribution is 9.10. The fraction of sp³-hybridized carbons (Fsp3) is 0.429. The average molecular weight is 393 g/mol. The monoisotopic (exact) mass is 391 g/mol. The van der Waals surface area contributed by atoms with E-state index in [0.717, 1.165) is 10.9 Å². The van der Waals surface area contributed by atoms with Crippen molar-refractivity contribution in [1.82, 2.24) is 4.98 Å². The number of halogens is 2. The van der Waals surface area contributed by atoms with Gasteiger partial charge in [0.2, 0.25) is 6.29 Å². The Labute approximate surface area is 139 Å². The van der Waals surface area contributed by atoms with E-state index in [4.69, 9.17) is 21.1 Å². The van der Waals surface area contributed by atoms with Crippen LogP contribution in [0.1, 0.15) is 6.92 Å². The molecule has 1 aliphatic heterocycles. The second-order valence-electron chi connectivity index (χ2n) is 5.26. The summed E-state index contributed by atoms with van der Waals surface area (Å²) in [5, 5.41) is 30.8. The number of aliphatic hydroxyl groups excluding tert-OH is 3. The smallest absolute Gasteiger partial charge is 0.229 e. The molecule has 1 saturated heterocycles. The first-order valence-electron chi connectivity index (χ1n) is 6.71.